The molecular weight excluding hydrogens is 388 g/mol. The first-order chi connectivity index (χ1) is 9.61. The Hall–Kier alpha value is -1.11. The van der Waals surface area contributed by atoms with Crippen LogP contribution in [0.25, 0.3) is 0 Å². The third-order valence-electron chi connectivity index (χ3n) is 2.77. The lowest BCUT2D eigenvalue weighted by Crippen LogP contribution is -2.21. The van der Waals surface area contributed by atoms with Gasteiger partial charge in [-0.1, -0.05) is 6.07 Å². The van der Waals surface area contributed by atoms with E-state index in [4.69, 9.17) is 10.5 Å². The van der Waals surface area contributed by atoms with E-state index in [1.165, 1.54) is 6.07 Å². The summed E-state index contributed by atoms with van der Waals surface area (Å²) in [4.78, 5) is 11.6. The summed E-state index contributed by atoms with van der Waals surface area (Å²) in [6.45, 7) is 1.37. The Morgan fingerprint density at radius 1 is 1.20 bits per heavy atom. The predicted molar refractivity (Wildman–Crippen MR) is 85.9 cm³/mol. The molecule has 1 aromatic heterocycles. The van der Waals surface area contributed by atoms with Gasteiger partial charge in [-0.25, -0.2) is 0 Å². The number of nitrogens with zero attached hydrogens (tertiary/aromatic N) is 1. The number of rotatable bonds is 5. The quantitative estimate of drug-likeness (QED) is 0.837. The van der Waals surface area contributed by atoms with Crippen molar-refractivity contribution in [1.29, 1.82) is 0 Å². The van der Waals surface area contributed by atoms with Gasteiger partial charge in [0.25, 0.3) is 5.56 Å². The molecule has 0 saturated carbocycles. The molecule has 0 bridgehead atoms. The lowest BCUT2D eigenvalue weighted by Gasteiger charge is -2.12. The van der Waals surface area contributed by atoms with Crippen molar-refractivity contribution < 1.29 is 4.74 Å². The Bertz CT molecular complexity index is 633. The number of pyridine rings is 1. The van der Waals surface area contributed by atoms with Crippen molar-refractivity contribution in [2.75, 3.05) is 6.61 Å². The third kappa shape index (κ3) is 3.71. The maximum atomic E-state index is 11.6. The lowest BCUT2D eigenvalue weighted by molar-refractivity contribution is 0.293. The number of nitrogens with two attached hydrogens (primary N) is 1. The number of hydrogen-bond donors (Lipinski definition) is 1. The fraction of sp³-hybridized carbons (Fsp3) is 0.214. The van der Waals surface area contributed by atoms with Gasteiger partial charge in [-0.2, -0.15) is 0 Å². The molecule has 0 aliphatic heterocycles. The van der Waals surface area contributed by atoms with Crippen LogP contribution in [0.2, 0.25) is 0 Å². The van der Waals surface area contributed by atoms with Gasteiger partial charge in [-0.05, 0) is 55.6 Å². The highest BCUT2D eigenvalue weighted by atomic mass is 79.9. The normalized spacial score (nSPS) is 10.6. The lowest BCUT2D eigenvalue weighted by atomic mass is 10.2. The molecule has 0 amide bonds. The summed E-state index contributed by atoms with van der Waals surface area (Å²) >= 11 is 6.92. The van der Waals surface area contributed by atoms with Crippen molar-refractivity contribution in [1.82, 2.24) is 4.57 Å². The van der Waals surface area contributed by atoms with Crippen LogP contribution < -0.4 is 16.0 Å². The summed E-state index contributed by atoms with van der Waals surface area (Å²) in [5, 5.41) is 0. The molecule has 0 atom stereocenters. The van der Waals surface area contributed by atoms with Gasteiger partial charge in [0.05, 0.1) is 15.5 Å². The molecular formula is C14H14Br2N2O2. The zero-order valence-corrected chi connectivity index (χ0v) is 13.9. The molecule has 0 saturated heterocycles. The zero-order chi connectivity index (χ0) is 14.5. The summed E-state index contributed by atoms with van der Waals surface area (Å²) in [5.41, 5.74) is 6.58. The second kappa shape index (κ2) is 7.06. The first-order valence-corrected chi connectivity index (χ1v) is 7.66. The maximum absolute atomic E-state index is 11.6. The highest BCUT2D eigenvalue weighted by molar-refractivity contribution is 9.11. The minimum atomic E-state index is -0.0345. The van der Waals surface area contributed by atoms with Gasteiger partial charge in [-0.3, -0.25) is 4.79 Å². The molecule has 20 heavy (non-hydrogen) atoms. The zero-order valence-electron chi connectivity index (χ0n) is 10.7. The Labute approximate surface area is 133 Å². The Balaban J connectivity index is 2.05. The molecule has 0 fully saturated rings. The van der Waals surface area contributed by atoms with E-state index in [9.17, 15) is 4.79 Å². The standard InChI is InChI=1S/C14H14Br2N2O2/c15-11-7-10(9-17)8-12(16)14(11)20-6-5-18-4-2-1-3-13(18)19/h1-4,7-8H,5-6,9,17H2. The molecule has 2 rings (SSSR count). The van der Waals surface area contributed by atoms with Crippen LogP contribution in [0, 0.1) is 0 Å². The van der Waals surface area contributed by atoms with Crippen molar-refractivity contribution in [3.8, 4) is 5.75 Å². The van der Waals surface area contributed by atoms with Gasteiger partial charge >= 0.3 is 0 Å². The molecule has 106 valence electrons. The molecule has 6 heteroatoms. The highest BCUT2D eigenvalue weighted by Gasteiger charge is 2.08. The molecule has 0 spiro atoms. The molecule has 0 aliphatic carbocycles. The van der Waals surface area contributed by atoms with Gasteiger partial charge in [-0.15, -0.1) is 0 Å². The smallest absolute Gasteiger partial charge is 0.250 e. The van der Waals surface area contributed by atoms with Crippen molar-refractivity contribution >= 4 is 31.9 Å². The third-order valence-corrected chi connectivity index (χ3v) is 3.95. The average Bonchev–Trinajstić information content (AvgIpc) is 2.43. The fourth-order valence-corrected chi connectivity index (χ4v) is 3.27. The van der Waals surface area contributed by atoms with Crippen LogP contribution in [0.1, 0.15) is 5.56 Å². The molecule has 0 radical (unpaired) electrons. The van der Waals surface area contributed by atoms with Gasteiger partial charge in [0.1, 0.15) is 12.4 Å². The van der Waals surface area contributed by atoms with E-state index < -0.39 is 0 Å². The van der Waals surface area contributed by atoms with Gasteiger partial charge in [0, 0.05) is 18.8 Å². The van der Waals surface area contributed by atoms with Crippen LogP contribution in [-0.2, 0) is 13.1 Å². The summed E-state index contributed by atoms with van der Waals surface area (Å²) in [7, 11) is 0. The van der Waals surface area contributed by atoms with Crippen LogP contribution in [0.15, 0.2) is 50.3 Å². The van der Waals surface area contributed by atoms with Crippen molar-refractivity contribution in [2.24, 2.45) is 5.73 Å². The maximum Gasteiger partial charge on any atom is 0.250 e. The first-order valence-electron chi connectivity index (χ1n) is 6.08. The topological polar surface area (TPSA) is 57.2 Å². The number of benzene rings is 1. The molecule has 1 aromatic carbocycles. The minimum Gasteiger partial charge on any atom is -0.489 e. The monoisotopic (exact) mass is 400 g/mol. The van der Waals surface area contributed by atoms with E-state index in [1.807, 2.05) is 18.2 Å². The van der Waals surface area contributed by atoms with E-state index in [2.05, 4.69) is 31.9 Å². The van der Waals surface area contributed by atoms with Crippen molar-refractivity contribution in [2.45, 2.75) is 13.1 Å². The second-order valence-electron chi connectivity index (χ2n) is 4.17. The first kappa shape index (κ1) is 15.3. The number of hydrogen-bond acceptors (Lipinski definition) is 3. The van der Waals surface area contributed by atoms with Crippen molar-refractivity contribution in [3.63, 3.8) is 0 Å². The van der Waals surface area contributed by atoms with E-state index in [1.54, 1.807) is 16.8 Å². The second-order valence-corrected chi connectivity index (χ2v) is 5.88. The van der Waals surface area contributed by atoms with Gasteiger partial charge in [0.2, 0.25) is 0 Å². The van der Waals surface area contributed by atoms with Gasteiger partial charge < -0.3 is 15.0 Å². The average molecular weight is 402 g/mol. The number of ether oxygens (including phenoxy) is 1. The largest absolute Gasteiger partial charge is 0.489 e. The van der Waals surface area contributed by atoms with Crippen LogP contribution in [0.3, 0.4) is 0 Å². The molecule has 1 heterocycles. The van der Waals surface area contributed by atoms with Crippen LogP contribution in [0.4, 0.5) is 0 Å². The molecule has 0 unspecified atom stereocenters. The number of halogens is 2. The van der Waals surface area contributed by atoms with E-state index in [0.717, 1.165) is 14.5 Å². The fourth-order valence-electron chi connectivity index (χ4n) is 1.76. The highest BCUT2D eigenvalue weighted by Crippen LogP contribution is 2.34. The number of aromatic nitrogens is 1. The van der Waals surface area contributed by atoms with Crippen LogP contribution in [-0.4, -0.2) is 11.2 Å². The molecule has 4 nitrogen and oxygen atoms in total. The van der Waals surface area contributed by atoms with Crippen LogP contribution in [0.5, 0.6) is 5.75 Å². The summed E-state index contributed by atoms with van der Waals surface area (Å²) in [6, 6.07) is 8.92. The van der Waals surface area contributed by atoms with Crippen molar-refractivity contribution in [3.05, 3.63) is 61.4 Å². The van der Waals surface area contributed by atoms with Gasteiger partial charge in [0.15, 0.2) is 0 Å². The van der Waals surface area contributed by atoms with E-state index >= 15 is 0 Å². The predicted octanol–water partition coefficient (Wildman–Crippen LogP) is 2.91. The Morgan fingerprint density at radius 3 is 2.50 bits per heavy atom. The summed E-state index contributed by atoms with van der Waals surface area (Å²) in [5.74, 6) is 0.714. The Morgan fingerprint density at radius 2 is 1.90 bits per heavy atom. The van der Waals surface area contributed by atoms with Crippen LogP contribution >= 0.6 is 31.9 Å². The minimum absolute atomic E-state index is 0.0345. The summed E-state index contributed by atoms with van der Waals surface area (Å²) in [6.07, 6.45) is 1.74. The van der Waals surface area contributed by atoms with E-state index in [-0.39, 0.29) is 5.56 Å². The molecule has 2 aromatic rings. The molecule has 0 aliphatic rings. The Kier molecular flexibility index (Phi) is 5.39. The summed E-state index contributed by atoms with van der Waals surface area (Å²) < 4.78 is 9.02. The van der Waals surface area contributed by atoms with E-state index in [0.29, 0.717) is 25.4 Å². The molecule has 2 N–H and O–H groups in total. The SMILES string of the molecule is NCc1cc(Br)c(OCCn2ccccc2=O)c(Br)c1.